The Morgan fingerprint density at radius 1 is 1.04 bits per heavy atom. The van der Waals surface area contributed by atoms with Crippen molar-refractivity contribution in [2.24, 2.45) is 0 Å². The van der Waals surface area contributed by atoms with Gasteiger partial charge in [0.15, 0.2) is 0 Å². The van der Waals surface area contributed by atoms with E-state index in [0.717, 1.165) is 4.47 Å². The minimum Gasteiger partial charge on any atom is -0.497 e. The predicted octanol–water partition coefficient (Wildman–Crippen LogP) is 2.75. The quantitative estimate of drug-likeness (QED) is 0.459. The van der Waals surface area contributed by atoms with E-state index in [-0.39, 0.29) is 18.1 Å². The summed E-state index contributed by atoms with van der Waals surface area (Å²) in [5.74, 6) is 0.487. The van der Waals surface area contributed by atoms with Gasteiger partial charge in [0.25, 0.3) is 0 Å². The molecule has 9 heteroatoms. The molecule has 0 aliphatic heterocycles. The molecule has 2 aromatic carbocycles. The maximum Gasteiger partial charge on any atom is 0.324 e. The van der Waals surface area contributed by atoms with Crippen molar-refractivity contribution in [3.8, 4) is 11.5 Å². The molecule has 0 bridgehead atoms. The summed E-state index contributed by atoms with van der Waals surface area (Å²) in [6, 6.07) is 12.0. The Morgan fingerprint density at radius 2 is 1.63 bits per heavy atom. The van der Waals surface area contributed by atoms with Crippen molar-refractivity contribution in [2.45, 2.75) is 17.9 Å². The van der Waals surface area contributed by atoms with Gasteiger partial charge in [-0.15, -0.1) is 0 Å². The number of rotatable bonds is 9. The summed E-state index contributed by atoms with van der Waals surface area (Å²) >= 11 is 3.32. The number of hydrogen-bond donors (Lipinski definition) is 1. The molecule has 0 heterocycles. The average Bonchev–Trinajstić information content (AvgIpc) is 2.66. The van der Waals surface area contributed by atoms with Crippen LogP contribution in [0.5, 0.6) is 11.5 Å². The number of methoxy groups -OCH3 is 1. The first-order chi connectivity index (χ1) is 12.8. The molecule has 0 amide bonds. The van der Waals surface area contributed by atoms with Gasteiger partial charge < -0.3 is 14.2 Å². The monoisotopic (exact) mass is 457 g/mol. The minimum absolute atomic E-state index is 0.00347. The zero-order valence-corrected chi connectivity index (χ0v) is 17.2. The van der Waals surface area contributed by atoms with Crippen molar-refractivity contribution in [2.75, 3.05) is 20.3 Å². The summed E-state index contributed by atoms with van der Waals surface area (Å²) in [5.41, 5.74) is 0. The molecule has 2 rings (SSSR count). The number of ether oxygens (including phenoxy) is 3. The number of sulfonamides is 1. The lowest BCUT2D eigenvalue weighted by Gasteiger charge is -2.14. The molecule has 0 unspecified atom stereocenters. The highest BCUT2D eigenvalue weighted by Crippen LogP contribution is 2.17. The van der Waals surface area contributed by atoms with Gasteiger partial charge in [-0.25, -0.2) is 8.42 Å². The molecular weight excluding hydrogens is 438 g/mol. The number of esters is 1. The van der Waals surface area contributed by atoms with Crippen LogP contribution in [0.4, 0.5) is 0 Å². The highest BCUT2D eigenvalue weighted by atomic mass is 79.9. The van der Waals surface area contributed by atoms with Gasteiger partial charge in [-0.05, 0) is 55.5 Å². The van der Waals surface area contributed by atoms with E-state index >= 15 is 0 Å². The molecule has 1 atom stereocenters. The summed E-state index contributed by atoms with van der Waals surface area (Å²) in [5, 5.41) is 0. The second-order valence-electron chi connectivity index (χ2n) is 5.49. The Hall–Kier alpha value is -2.10. The highest BCUT2D eigenvalue weighted by molar-refractivity contribution is 9.10. The third-order valence-electron chi connectivity index (χ3n) is 3.47. The zero-order valence-electron chi connectivity index (χ0n) is 14.8. The fraction of sp³-hybridized carbons (Fsp3) is 0.278. The summed E-state index contributed by atoms with van der Waals surface area (Å²) in [4.78, 5) is 12.0. The van der Waals surface area contributed by atoms with E-state index in [1.165, 1.54) is 38.3 Å². The van der Waals surface area contributed by atoms with Gasteiger partial charge in [0.2, 0.25) is 10.0 Å². The lowest BCUT2D eigenvalue weighted by Crippen LogP contribution is -2.39. The average molecular weight is 458 g/mol. The Bertz CT molecular complexity index is 852. The van der Waals surface area contributed by atoms with Crippen molar-refractivity contribution >= 4 is 31.9 Å². The van der Waals surface area contributed by atoms with Crippen molar-refractivity contribution in [3.63, 3.8) is 0 Å². The largest absolute Gasteiger partial charge is 0.497 e. The smallest absolute Gasteiger partial charge is 0.324 e. The molecule has 0 saturated heterocycles. The van der Waals surface area contributed by atoms with Crippen molar-refractivity contribution < 1.29 is 27.4 Å². The molecule has 7 nitrogen and oxygen atoms in total. The first kappa shape index (κ1) is 21.2. The van der Waals surface area contributed by atoms with Crippen LogP contribution in [0.3, 0.4) is 0 Å². The number of hydrogen-bond acceptors (Lipinski definition) is 6. The molecule has 0 fully saturated rings. The molecule has 0 saturated carbocycles. The molecule has 2 aromatic rings. The van der Waals surface area contributed by atoms with E-state index in [1.54, 1.807) is 12.1 Å². The van der Waals surface area contributed by atoms with Gasteiger partial charge in [-0.1, -0.05) is 15.9 Å². The Balaban J connectivity index is 1.80. The van der Waals surface area contributed by atoms with E-state index < -0.39 is 22.0 Å². The van der Waals surface area contributed by atoms with Crippen LogP contribution in [0.15, 0.2) is 57.9 Å². The Labute approximate surface area is 166 Å². The van der Waals surface area contributed by atoms with Crippen LogP contribution < -0.4 is 14.2 Å². The van der Waals surface area contributed by atoms with Gasteiger partial charge in [0.1, 0.15) is 30.8 Å². The molecular formula is C18H20BrNO6S. The molecule has 27 heavy (non-hydrogen) atoms. The first-order valence-corrected chi connectivity index (χ1v) is 10.3. The first-order valence-electron chi connectivity index (χ1n) is 8.03. The summed E-state index contributed by atoms with van der Waals surface area (Å²) in [6.45, 7) is 1.58. The number of nitrogens with one attached hydrogen (secondary N) is 1. The minimum atomic E-state index is -3.85. The molecule has 0 radical (unpaired) electrons. The third kappa shape index (κ3) is 6.53. The number of carbonyl (C=O) groups excluding carboxylic acids is 1. The van der Waals surface area contributed by atoms with Crippen LogP contribution in [-0.4, -0.2) is 40.8 Å². The Kier molecular flexibility index (Phi) is 7.64. The van der Waals surface area contributed by atoms with Gasteiger partial charge >= 0.3 is 5.97 Å². The normalized spacial score (nSPS) is 12.3. The number of halogens is 1. The molecule has 146 valence electrons. The topological polar surface area (TPSA) is 90.9 Å². The number of benzene rings is 2. The SMILES string of the molecule is COc1ccc(S(=O)(=O)N[C@@H](C)C(=O)OCCOc2ccc(Br)cc2)cc1. The van der Waals surface area contributed by atoms with Crippen LogP contribution in [0.2, 0.25) is 0 Å². The molecule has 0 spiro atoms. The fourth-order valence-electron chi connectivity index (χ4n) is 2.06. The molecule has 0 aliphatic rings. The summed E-state index contributed by atoms with van der Waals surface area (Å²) in [7, 11) is -2.36. The van der Waals surface area contributed by atoms with Crippen molar-refractivity contribution in [1.82, 2.24) is 4.72 Å². The van der Waals surface area contributed by atoms with Gasteiger partial charge in [-0.2, -0.15) is 4.72 Å². The van der Waals surface area contributed by atoms with E-state index in [1.807, 2.05) is 12.1 Å². The summed E-state index contributed by atoms with van der Waals surface area (Å²) in [6.07, 6.45) is 0. The van der Waals surface area contributed by atoms with E-state index in [4.69, 9.17) is 14.2 Å². The van der Waals surface area contributed by atoms with Crippen LogP contribution in [-0.2, 0) is 19.6 Å². The standard InChI is InChI=1S/C18H20BrNO6S/c1-13(20-27(22,23)17-9-7-15(24-2)8-10-17)18(21)26-12-11-25-16-5-3-14(19)4-6-16/h3-10,13,20H,11-12H2,1-2H3/t13-/m0/s1. The molecule has 0 aliphatic carbocycles. The second kappa shape index (κ2) is 9.72. The number of carbonyl (C=O) groups is 1. The van der Waals surface area contributed by atoms with E-state index in [0.29, 0.717) is 11.5 Å². The van der Waals surface area contributed by atoms with Crippen LogP contribution >= 0.6 is 15.9 Å². The Morgan fingerprint density at radius 3 is 2.22 bits per heavy atom. The highest BCUT2D eigenvalue weighted by Gasteiger charge is 2.23. The van der Waals surface area contributed by atoms with Crippen molar-refractivity contribution in [3.05, 3.63) is 53.0 Å². The van der Waals surface area contributed by atoms with E-state index in [2.05, 4.69) is 20.7 Å². The van der Waals surface area contributed by atoms with Crippen molar-refractivity contribution in [1.29, 1.82) is 0 Å². The lowest BCUT2D eigenvalue weighted by molar-refractivity contribution is -0.145. The maximum absolute atomic E-state index is 12.3. The fourth-order valence-corrected chi connectivity index (χ4v) is 3.52. The van der Waals surface area contributed by atoms with Gasteiger partial charge in [0, 0.05) is 4.47 Å². The van der Waals surface area contributed by atoms with Crippen LogP contribution in [0.25, 0.3) is 0 Å². The maximum atomic E-state index is 12.3. The second-order valence-corrected chi connectivity index (χ2v) is 8.12. The zero-order chi connectivity index (χ0) is 19.9. The van der Waals surface area contributed by atoms with E-state index in [9.17, 15) is 13.2 Å². The predicted molar refractivity (Wildman–Crippen MR) is 103 cm³/mol. The van der Waals surface area contributed by atoms with Gasteiger partial charge in [0.05, 0.1) is 12.0 Å². The molecule has 1 N–H and O–H groups in total. The third-order valence-corrected chi connectivity index (χ3v) is 5.55. The summed E-state index contributed by atoms with van der Waals surface area (Å²) < 4.78 is 43.3. The van der Waals surface area contributed by atoms with Gasteiger partial charge in [-0.3, -0.25) is 4.79 Å². The lowest BCUT2D eigenvalue weighted by atomic mass is 10.3. The van der Waals surface area contributed by atoms with Crippen LogP contribution in [0, 0.1) is 0 Å². The molecule has 0 aromatic heterocycles. The van der Waals surface area contributed by atoms with Crippen LogP contribution in [0.1, 0.15) is 6.92 Å².